The van der Waals surface area contributed by atoms with Gasteiger partial charge in [0.05, 0.1) is 0 Å². The molecule has 2 aromatic rings. The first-order valence-corrected chi connectivity index (χ1v) is 12.2. The van der Waals surface area contributed by atoms with Crippen LogP contribution in [0.25, 0.3) is 0 Å². The van der Waals surface area contributed by atoms with Crippen LogP contribution in [0.2, 0.25) is 0 Å². The Morgan fingerprint density at radius 2 is 1.65 bits per heavy atom. The standard InChI is InChI=1S/C27H37N5O.HI/c1-28-27(29-16-8-11-26(33)32-20-23-9-4-5-10-24(23)21-32)30(2)19-22-12-14-25(15-13-22)31-17-6-3-7-18-31;/h4-5,9-10,12-15H,3,6-8,11,16-21H2,1-2H3,(H,28,29);1H. The van der Waals surface area contributed by atoms with Crippen LogP contribution in [0, 0.1) is 0 Å². The van der Waals surface area contributed by atoms with E-state index in [0.29, 0.717) is 6.42 Å². The lowest BCUT2D eigenvalue weighted by molar-refractivity contribution is -0.131. The van der Waals surface area contributed by atoms with Gasteiger partial charge < -0.3 is 20.0 Å². The molecule has 0 bridgehead atoms. The van der Waals surface area contributed by atoms with Crippen LogP contribution in [-0.4, -0.2) is 55.4 Å². The van der Waals surface area contributed by atoms with Crippen molar-refractivity contribution in [3.05, 3.63) is 65.2 Å². The van der Waals surface area contributed by atoms with E-state index in [9.17, 15) is 4.79 Å². The number of carbonyl (C=O) groups excluding carboxylic acids is 1. The summed E-state index contributed by atoms with van der Waals surface area (Å²) in [7, 11) is 3.87. The van der Waals surface area contributed by atoms with E-state index < -0.39 is 0 Å². The Bertz CT molecular complexity index is 931. The Morgan fingerprint density at radius 1 is 1.00 bits per heavy atom. The predicted molar refractivity (Wildman–Crippen MR) is 151 cm³/mol. The number of guanidine groups is 1. The molecule has 1 fully saturated rings. The Labute approximate surface area is 221 Å². The number of rotatable bonds is 7. The molecule has 2 heterocycles. The van der Waals surface area contributed by atoms with Crippen molar-refractivity contribution in [1.29, 1.82) is 0 Å². The summed E-state index contributed by atoms with van der Waals surface area (Å²) in [5.41, 5.74) is 5.14. The Morgan fingerprint density at radius 3 is 2.26 bits per heavy atom. The third-order valence-corrected chi connectivity index (χ3v) is 6.69. The van der Waals surface area contributed by atoms with Crippen molar-refractivity contribution in [3.8, 4) is 0 Å². The second kappa shape index (κ2) is 13.0. The predicted octanol–water partition coefficient (Wildman–Crippen LogP) is 4.62. The lowest BCUT2D eigenvalue weighted by atomic mass is 10.1. The van der Waals surface area contributed by atoms with E-state index >= 15 is 0 Å². The van der Waals surface area contributed by atoms with Gasteiger partial charge in [0.15, 0.2) is 5.96 Å². The third kappa shape index (κ3) is 6.87. The molecule has 1 N–H and O–H groups in total. The number of amides is 1. The molecule has 0 aliphatic carbocycles. The number of aliphatic imine (C=N–C) groups is 1. The third-order valence-electron chi connectivity index (χ3n) is 6.69. The van der Waals surface area contributed by atoms with Gasteiger partial charge in [0.2, 0.25) is 5.91 Å². The summed E-state index contributed by atoms with van der Waals surface area (Å²) in [5, 5.41) is 3.41. The number of halogens is 1. The molecule has 2 aromatic carbocycles. The molecule has 2 aliphatic heterocycles. The van der Waals surface area contributed by atoms with Crippen LogP contribution in [0.5, 0.6) is 0 Å². The first kappa shape index (κ1) is 26.3. The largest absolute Gasteiger partial charge is 0.372 e. The number of nitrogens with one attached hydrogen (secondary N) is 1. The summed E-state index contributed by atoms with van der Waals surface area (Å²) in [6.45, 7) is 5.35. The molecule has 0 saturated carbocycles. The second-order valence-electron chi connectivity index (χ2n) is 9.17. The molecule has 1 saturated heterocycles. The summed E-state index contributed by atoms with van der Waals surface area (Å²) in [4.78, 5) is 23.6. The van der Waals surface area contributed by atoms with Crippen molar-refractivity contribution in [2.24, 2.45) is 4.99 Å². The summed E-state index contributed by atoms with van der Waals surface area (Å²) in [6.07, 6.45) is 5.29. The van der Waals surface area contributed by atoms with Crippen LogP contribution in [0.15, 0.2) is 53.5 Å². The number of hydrogen-bond donors (Lipinski definition) is 1. The zero-order chi connectivity index (χ0) is 23.0. The molecule has 1 amide bonds. The normalized spacial score (nSPS) is 15.5. The maximum Gasteiger partial charge on any atom is 0.223 e. The molecule has 0 radical (unpaired) electrons. The van der Waals surface area contributed by atoms with Crippen LogP contribution in [-0.2, 0) is 24.4 Å². The molecule has 0 aromatic heterocycles. The average Bonchev–Trinajstić information content (AvgIpc) is 3.29. The van der Waals surface area contributed by atoms with E-state index in [1.165, 1.54) is 54.7 Å². The number of benzene rings is 2. The van der Waals surface area contributed by atoms with E-state index in [1.54, 1.807) is 0 Å². The first-order valence-electron chi connectivity index (χ1n) is 12.2. The number of piperidine rings is 1. The molecule has 34 heavy (non-hydrogen) atoms. The summed E-state index contributed by atoms with van der Waals surface area (Å²) < 4.78 is 0. The van der Waals surface area contributed by atoms with Crippen molar-refractivity contribution in [1.82, 2.24) is 15.1 Å². The van der Waals surface area contributed by atoms with Crippen LogP contribution in [0.1, 0.15) is 48.8 Å². The molecule has 0 spiro atoms. The smallest absolute Gasteiger partial charge is 0.223 e. The quantitative estimate of drug-likeness (QED) is 0.227. The molecule has 0 atom stereocenters. The second-order valence-corrected chi connectivity index (χ2v) is 9.17. The minimum atomic E-state index is 0. The minimum absolute atomic E-state index is 0. The van der Waals surface area contributed by atoms with Crippen LogP contribution in [0.3, 0.4) is 0 Å². The van der Waals surface area contributed by atoms with Gasteiger partial charge in [0.25, 0.3) is 0 Å². The Hall–Kier alpha value is -2.29. The van der Waals surface area contributed by atoms with E-state index in [4.69, 9.17) is 0 Å². The van der Waals surface area contributed by atoms with E-state index in [0.717, 1.165) is 38.6 Å². The summed E-state index contributed by atoms with van der Waals surface area (Å²) in [6, 6.07) is 17.3. The molecule has 6 nitrogen and oxygen atoms in total. The highest BCUT2D eigenvalue weighted by Crippen LogP contribution is 2.23. The van der Waals surface area contributed by atoms with Crippen molar-refractivity contribution in [2.45, 2.75) is 51.7 Å². The zero-order valence-electron chi connectivity index (χ0n) is 20.5. The fourth-order valence-electron chi connectivity index (χ4n) is 4.81. The number of carbonyl (C=O) groups is 1. The van der Waals surface area contributed by atoms with Gasteiger partial charge in [-0.15, -0.1) is 24.0 Å². The molecule has 7 heteroatoms. The zero-order valence-corrected chi connectivity index (χ0v) is 22.8. The summed E-state index contributed by atoms with van der Waals surface area (Å²) in [5.74, 6) is 1.08. The van der Waals surface area contributed by atoms with E-state index in [1.807, 2.05) is 24.1 Å². The molecule has 4 rings (SSSR count). The van der Waals surface area contributed by atoms with Gasteiger partial charge in [-0.1, -0.05) is 36.4 Å². The Balaban J connectivity index is 0.00000324. The molecule has 2 aliphatic rings. The average molecular weight is 576 g/mol. The van der Waals surface area contributed by atoms with Crippen molar-refractivity contribution in [3.63, 3.8) is 0 Å². The fourth-order valence-corrected chi connectivity index (χ4v) is 4.81. The molecule has 184 valence electrons. The molecular weight excluding hydrogens is 537 g/mol. The number of nitrogens with zero attached hydrogens (tertiary/aromatic N) is 4. The highest BCUT2D eigenvalue weighted by Gasteiger charge is 2.22. The van der Waals surface area contributed by atoms with Crippen LogP contribution in [0.4, 0.5) is 5.69 Å². The highest BCUT2D eigenvalue weighted by molar-refractivity contribution is 14.0. The summed E-state index contributed by atoms with van der Waals surface area (Å²) >= 11 is 0. The van der Waals surface area contributed by atoms with Gasteiger partial charge in [-0.05, 0) is 54.5 Å². The first-order chi connectivity index (χ1) is 16.1. The van der Waals surface area contributed by atoms with Gasteiger partial charge in [-0.25, -0.2) is 0 Å². The highest BCUT2D eigenvalue weighted by atomic mass is 127. The van der Waals surface area contributed by atoms with Gasteiger partial charge in [0.1, 0.15) is 0 Å². The molecule has 0 unspecified atom stereocenters. The van der Waals surface area contributed by atoms with Crippen LogP contribution < -0.4 is 10.2 Å². The number of fused-ring (bicyclic) bond motifs is 1. The van der Waals surface area contributed by atoms with Gasteiger partial charge in [-0.2, -0.15) is 0 Å². The van der Waals surface area contributed by atoms with Crippen molar-refractivity contribution >= 4 is 41.5 Å². The van der Waals surface area contributed by atoms with Gasteiger partial charge >= 0.3 is 0 Å². The number of hydrogen-bond acceptors (Lipinski definition) is 3. The van der Waals surface area contributed by atoms with Gasteiger partial charge in [0, 0.05) is 65.5 Å². The topological polar surface area (TPSA) is 51.2 Å². The maximum atomic E-state index is 12.6. The van der Waals surface area contributed by atoms with Crippen molar-refractivity contribution in [2.75, 3.05) is 38.6 Å². The van der Waals surface area contributed by atoms with E-state index in [-0.39, 0.29) is 29.9 Å². The molecular formula is C27H38IN5O. The lowest BCUT2D eigenvalue weighted by Gasteiger charge is -2.29. The van der Waals surface area contributed by atoms with Crippen molar-refractivity contribution < 1.29 is 4.79 Å². The fraction of sp³-hybridized carbons (Fsp3) is 0.481. The minimum Gasteiger partial charge on any atom is -0.372 e. The van der Waals surface area contributed by atoms with Gasteiger partial charge in [-0.3, -0.25) is 9.79 Å². The SMILES string of the molecule is CN=C(NCCCC(=O)N1Cc2ccccc2C1)N(C)Cc1ccc(N2CCCCC2)cc1.I. The number of anilines is 1. The Kier molecular flexibility index (Phi) is 10.0. The van der Waals surface area contributed by atoms with Crippen LogP contribution >= 0.6 is 24.0 Å². The monoisotopic (exact) mass is 575 g/mol. The lowest BCUT2D eigenvalue weighted by Crippen LogP contribution is -2.39. The maximum absolute atomic E-state index is 12.6. The van der Waals surface area contributed by atoms with E-state index in [2.05, 4.69) is 63.6 Å².